The van der Waals surface area contributed by atoms with Crippen molar-refractivity contribution in [3.63, 3.8) is 0 Å². The van der Waals surface area contributed by atoms with Gasteiger partial charge in [-0.1, -0.05) is 0 Å². The molecule has 0 radical (unpaired) electrons. The van der Waals surface area contributed by atoms with Crippen LogP contribution in [0.1, 0.15) is 33.6 Å². The average Bonchev–Trinajstić information content (AvgIpc) is 3.45. The molecule has 1 aliphatic carbocycles. The van der Waals surface area contributed by atoms with Gasteiger partial charge in [-0.15, -0.1) is 11.3 Å². The number of amides is 1. The monoisotopic (exact) mass is 453 g/mol. The van der Waals surface area contributed by atoms with Crippen molar-refractivity contribution in [3.8, 4) is 0 Å². The number of sulfonamides is 1. The van der Waals surface area contributed by atoms with Crippen LogP contribution >= 0.6 is 11.3 Å². The maximum absolute atomic E-state index is 12.6. The third-order valence-corrected chi connectivity index (χ3v) is 8.18. The summed E-state index contributed by atoms with van der Waals surface area (Å²) in [6.07, 6.45) is 2.82. The van der Waals surface area contributed by atoms with E-state index in [1.165, 1.54) is 34.7 Å². The number of hydrogen-bond acceptors (Lipinski definition) is 5. The Hall–Kier alpha value is -2.68. The van der Waals surface area contributed by atoms with Gasteiger partial charge >= 0.3 is 0 Å². The summed E-state index contributed by atoms with van der Waals surface area (Å²) in [4.78, 5) is 16.6. The minimum Gasteiger partial charge on any atom is -0.367 e. The number of anilines is 2. The Kier molecular flexibility index (Phi) is 5.29. The topological polar surface area (TPSA) is 78.5 Å². The summed E-state index contributed by atoms with van der Waals surface area (Å²) in [6, 6.07) is 16.1. The average molecular weight is 454 g/mol. The number of fused-ring (bicyclic) bond motifs is 1. The van der Waals surface area contributed by atoms with Gasteiger partial charge in [0.05, 0.1) is 4.90 Å². The molecule has 0 bridgehead atoms. The summed E-state index contributed by atoms with van der Waals surface area (Å²) < 4.78 is 27.1. The zero-order valence-electron chi connectivity index (χ0n) is 16.9. The first-order valence-corrected chi connectivity index (χ1v) is 12.7. The van der Waals surface area contributed by atoms with Crippen LogP contribution in [-0.2, 0) is 23.0 Å². The maximum atomic E-state index is 12.6. The van der Waals surface area contributed by atoms with Gasteiger partial charge in [0.15, 0.2) is 0 Å². The summed E-state index contributed by atoms with van der Waals surface area (Å²) >= 11 is 1.83. The van der Waals surface area contributed by atoms with Gasteiger partial charge in [0.2, 0.25) is 10.0 Å². The zero-order chi connectivity index (χ0) is 21.4. The van der Waals surface area contributed by atoms with Gasteiger partial charge in [0.25, 0.3) is 5.91 Å². The molecule has 8 heteroatoms. The van der Waals surface area contributed by atoms with Crippen molar-refractivity contribution in [2.45, 2.75) is 36.7 Å². The van der Waals surface area contributed by atoms with Crippen LogP contribution in [0.3, 0.4) is 0 Å². The fraction of sp³-hybridized carbons (Fsp3) is 0.261. The molecule has 1 fully saturated rings. The van der Waals surface area contributed by atoms with Gasteiger partial charge in [-0.25, -0.2) is 13.1 Å². The van der Waals surface area contributed by atoms with Gasteiger partial charge in [-0.2, -0.15) is 0 Å². The van der Waals surface area contributed by atoms with E-state index in [2.05, 4.69) is 26.4 Å². The normalized spacial score (nSPS) is 16.1. The third kappa shape index (κ3) is 4.51. The van der Waals surface area contributed by atoms with E-state index in [-0.39, 0.29) is 16.8 Å². The van der Waals surface area contributed by atoms with E-state index in [1.54, 1.807) is 0 Å². The highest BCUT2D eigenvalue weighted by Crippen LogP contribution is 2.28. The molecular weight excluding hydrogens is 430 g/mol. The summed E-state index contributed by atoms with van der Waals surface area (Å²) in [5.74, 6) is -0.271. The fourth-order valence-electron chi connectivity index (χ4n) is 3.70. The molecule has 160 valence electrons. The standard InChI is InChI=1S/C23H23N3O3S2/c27-23(16-1-9-21(10-2-16)31(28,29)25-19-3-4-19)24-18-5-7-20(8-6-18)26-13-11-22-17(15-26)12-14-30-22/h1-2,5-10,12,14,19,25H,3-4,11,13,15H2,(H,24,27). The smallest absolute Gasteiger partial charge is 0.255 e. The largest absolute Gasteiger partial charge is 0.367 e. The molecule has 1 aromatic heterocycles. The van der Waals surface area contributed by atoms with Crippen LogP contribution in [-0.4, -0.2) is 26.9 Å². The lowest BCUT2D eigenvalue weighted by atomic mass is 10.1. The number of carbonyl (C=O) groups is 1. The maximum Gasteiger partial charge on any atom is 0.255 e. The fourth-order valence-corrected chi connectivity index (χ4v) is 5.90. The molecular formula is C23H23N3O3S2. The first-order chi connectivity index (χ1) is 15.0. The van der Waals surface area contributed by atoms with Gasteiger partial charge in [0, 0.05) is 40.9 Å². The van der Waals surface area contributed by atoms with Gasteiger partial charge in [-0.05, 0) is 84.8 Å². The number of hydrogen-bond donors (Lipinski definition) is 2. The predicted molar refractivity (Wildman–Crippen MR) is 123 cm³/mol. The molecule has 1 aliphatic heterocycles. The lowest BCUT2D eigenvalue weighted by molar-refractivity contribution is 0.102. The minimum absolute atomic E-state index is 0.0492. The quantitative estimate of drug-likeness (QED) is 0.591. The van der Waals surface area contributed by atoms with E-state index in [1.807, 2.05) is 35.6 Å². The highest BCUT2D eigenvalue weighted by molar-refractivity contribution is 7.89. The Morgan fingerprint density at radius 3 is 2.45 bits per heavy atom. The molecule has 1 saturated carbocycles. The van der Waals surface area contributed by atoms with Gasteiger partial charge in [-0.3, -0.25) is 4.79 Å². The minimum atomic E-state index is -3.51. The Morgan fingerprint density at radius 2 is 1.74 bits per heavy atom. The number of thiophene rings is 1. The van der Waals surface area contributed by atoms with Crippen LogP contribution < -0.4 is 14.9 Å². The molecule has 31 heavy (non-hydrogen) atoms. The predicted octanol–water partition coefficient (Wildman–Crippen LogP) is 4.00. The second-order valence-corrected chi connectivity index (χ2v) is 10.7. The van der Waals surface area contributed by atoms with Crippen molar-refractivity contribution in [1.82, 2.24) is 4.72 Å². The van der Waals surface area contributed by atoms with Crippen LogP contribution in [0.2, 0.25) is 0 Å². The van der Waals surface area contributed by atoms with Crippen molar-refractivity contribution in [3.05, 3.63) is 76.0 Å². The molecule has 2 aromatic carbocycles. The highest BCUT2D eigenvalue weighted by atomic mass is 32.2. The highest BCUT2D eigenvalue weighted by Gasteiger charge is 2.28. The second-order valence-electron chi connectivity index (χ2n) is 7.96. The summed E-state index contributed by atoms with van der Waals surface area (Å²) in [7, 11) is -3.51. The molecule has 2 heterocycles. The molecule has 2 aliphatic rings. The molecule has 6 nitrogen and oxygen atoms in total. The first kappa shape index (κ1) is 20.2. The Balaban J connectivity index is 1.22. The molecule has 0 saturated heterocycles. The van der Waals surface area contributed by atoms with E-state index < -0.39 is 10.0 Å². The Labute approximate surface area is 186 Å². The van der Waals surface area contributed by atoms with Gasteiger partial charge in [0.1, 0.15) is 0 Å². The first-order valence-electron chi connectivity index (χ1n) is 10.3. The van der Waals surface area contributed by atoms with E-state index in [9.17, 15) is 13.2 Å². The number of carbonyl (C=O) groups excluding carboxylic acids is 1. The zero-order valence-corrected chi connectivity index (χ0v) is 18.5. The Morgan fingerprint density at radius 1 is 1.00 bits per heavy atom. The van der Waals surface area contributed by atoms with Crippen LogP contribution in [0.4, 0.5) is 11.4 Å². The van der Waals surface area contributed by atoms with Gasteiger partial charge < -0.3 is 10.2 Å². The second kappa shape index (κ2) is 8.11. The van der Waals surface area contributed by atoms with Crippen molar-refractivity contribution in [2.75, 3.05) is 16.8 Å². The molecule has 0 spiro atoms. The lowest BCUT2D eigenvalue weighted by Gasteiger charge is -2.29. The molecule has 5 rings (SSSR count). The van der Waals surface area contributed by atoms with E-state index in [0.29, 0.717) is 11.3 Å². The van der Waals surface area contributed by atoms with Crippen LogP contribution in [0.5, 0.6) is 0 Å². The summed E-state index contributed by atoms with van der Waals surface area (Å²) in [6.45, 7) is 1.90. The Bertz CT molecular complexity index is 1200. The molecule has 2 N–H and O–H groups in total. The summed E-state index contributed by atoms with van der Waals surface area (Å²) in [5, 5.41) is 5.03. The lowest BCUT2D eigenvalue weighted by Crippen LogP contribution is -2.29. The van der Waals surface area contributed by atoms with Crippen LogP contribution in [0, 0.1) is 0 Å². The van der Waals surface area contributed by atoms with Crippen molar-refractivity contribution in [2.24, 2.45) is 0 Å². The third-order valence-electron chi connectivity index (χ3n) is 5.62. The SMILES string of the molecule is O=C(Nc1ccc(N2CCc3sccc3C2)cc1)c1ccc(S(=O)(=O)NC2CC2)cc1. The molecule has 3 aromatic rings. The van der Waals surface area contributed by atoms with Crippen molar-refractivity contribution < 1.29 is 13.2 Å². The van der Waals surface area contributed by atoms with Crippen molar-refractivity contribution >= 4 is 38.6 Å². The molecule has 0 unspecified atom stereocenters. The van der Waals surface area contributed by atoms with E-state index >= 15 is 0 Å². The number of nitrogens with one attached hydrogen (secondary N) is 2. The van der Waals surface area contributed by atoms with Crippen LogP contribution in [0.15, 0.2) is 64.9 Å². The van der Waals surface area contributed by atoms with E-state index in [0.717, 1.165) is 38.0 Å². The number of rotatable bonds is 6. The van der Waals surface area contributed by atoms with Crippen LogP contribution in [0.25, 0.3) is 0 Å². The molecule has 1 amide bonds. The van der Waals surface area contributed by atoms with E-state index in [4.69, 9.17) is 0 Å². The number of nitrogens with zero attached hydrogens (tertiary/aromatic N) is 1. The number of benzene rings is 2. The van der Waals surface area contributed by atoms with Crippen molar-refractivity contribution in [1.29, 1.82) is 0 Å². The summed E-state index contributed by atoms with van der Waals surface area (Å²) in [5.41, 5.74) is 3.64. The molecule has 0 atom stereocenters.